The molecule has 1 aromatic rings. The standard InChI is InChI=1S/C15H20F2N4O4/c1-14(2,3)25-13(22)19-10-6-15(16,17)9-20(8-10)11-4-5-18-7-12(11)21(23)24/h4-5,7,10H,6,8-9H2,1-3H3,(H,19,22). The molecule has 1 amide bonds. The summed E-state index contributed by atoms with van der Waals surface area (Å²) in [4.78, 5) is 27.1. The molecule has 10 heteroatoms. The lowest BCUT2D eigenvalue weighted by Gasteiger charge is -2.38. The maximum absolute atomic E-state index is 14.1. The Morgan fingerprint density at radius 3 is 2.80 bits per heavy atom. The first-order valence-corrected chi connectivity index (χ1v) is 7.67. The Morgan fingerprint density at radius 1 is 1.52 bits per heavy atom. The molecule has 0 bridgehead atoms. The van der Waals surface area contributed by atoms with Crippen molar-refractivity contribution in [1.29, 1.82) is 0 Å². The maximum atomic E-state index is 14.1. The minimum Gasteiger partial charge on any atom is -0.444 e. The van der Waals surface area contributed by atoms with E-state index >= 15 is 0 Å². The first kappa shape index (κ1) is 18.8. The number of hydrogen-bond donors (Lipinski definition) is 1. The van der Waals surface area contributed by atoms with Crippen LogP contribution in [0.4, 0.5) is 25.0 Å². The molecule has 0 radical (unpaired) electrons. The van der Waals surface area contributed by atoms with Crippen molar-refractivity contribution in [3.8, 4) is 0 Å². The predicted octanol–water partition coefficient (Wildman–Crippen LogP) is 2.73. The smallest absolute Gasteiger partial charge is 0.407 e. The topological polar surface area (TPSA) is 97.6 Å². The van der Waals surface area contributed by atoms with Gasteiger partial charge in [0.1, 0.15) is 17.5 Å². The normalized spacial score (nSPS) is 20.0. The molecule has 0 spiro atoms. The van der Waals surface area contributed by atoms with Gasteiger partial charge in [0, 0.05) is 19.2 Å². The van der Waals surface area contributed by atoms with Gasteiger partial charge in [-0.3, -0.25) is 15.1 Å². The summed E-state index contributed by atoms with van der Waals surface area (Å²) in [5.74, 6) is -3.12. The molecule has 1 fully saturated rings. The van der Waals surface area contributed by atoms with Gasteiger partial charge in [0.25, 0.3) is 5.92 Å². The highest BCUT2D eigenvalue weighted by Gasteiger charge is 2.42. The van der Waals surface area contributed by atoms with Gasteiger partial charge in [-0.2, -0.15) is 0 Å². The highest BCUT2D eigenvalue weighted by atomic mass is 19.3. The molecule has 0 saturated carbocycles. The van der Waals surface area contributed by atoms with E-state index in [0.717, 1.165) is 6.20 Å². The summed E-state index contributed by atoms with van der Waals surface area (Å²) < 4.78 is 33.3. The van der Waals surface area contributed by atoms with Crippen molar-refractivity contribution >= 4 is 17.5 Å². The van der Waals surface area contributed by atoms with E-state index in [1.54, 1.807) is 20.8 Å². The number of nitrogens with zero attached hydrogens (tertiary/aromatic N) is 3. The van der Waals surface area contributed by atoms with Gasteiger partial charge in [-0.1, -0.05) is 0 Å². The van der Waals surface area contributed by atoms with E-state index in [-0.39, 0.29) is 17.9 Å². The minimum atomic E-state index is -3.12. The number of anilines is 1. The van der Waals surface area contributed by atoms with E-state index in [1.165, 1.54) is 17.2 Å². The fourth-order valence-electron chi connectivity index (χ4n) is 2.64. The van der Waals surface area contributed by atoms with Gasteiger partial charge in [0.15, 0.2) is 0 Å². The summed E-state index contributed by atoms with van der Waals surface area (Å²) in [7, 11) is 0. The van der Waals surface area contributed by atoms with Crippen LogP contribution in [0.2, 0.25) is 0 Å². The Hall–Kier alpha value is -2.52. The molecule has 1 unspecified atom stereocenters. The van der Waals surface area contributed by atoms with Crippen LogP contribution in [0.1, 0.15) is 27.2 Å². The Kier molecular flexibility index (Phi) is 5.09. The van der Waals surface area contributed by atoms with Crippen LogP contribution in [0.5, 0.6) is 0 Å². The Bertz CT molecular complexity index is 663. The SMILES string of the molecule is CC(C)(C)OC(=O)NC1CN(c2ccncc2[N+](=O)[O-])CC(F)(F)C1. The number of hydrogen-bond acceptors (Lipinski definition) is 6. The quantitative estimate of drug-likeness (QED) is 0.659. The first-order chi connectivity index (χ1) is 11.5. The lowest BCUT2D eigenvalue weighted by molar-refractivity contribution is -0.384. The molecule has 1 saturated heterocycles. The third-order valence-electron chi connectivity index (χ3n) is 3.44. The third kappa shape index (κ3) is 5.23. The Balaban J connectivity index is 2.19. The van der Waals surface area contributed by atoms with Gasteiger partial charge in [-0.25, -0.2) is 13.6 Å². The third-order valence-corrected chi connectivity index (χ3v) is 3.44. The van der Waals surface area contributed by atoms with Crippen LogP contribution in [0.3, 0.4) is 0 Å². The van der Waals surface area contributed by atoms with Crippen molar-refractivity contribution in [3.63, 3.8) is 0 Å². The van der Waals surface area contributed by atoms with Crippen LogP contribution in [0, 0.1) is 10.1 Å². The molecule has 2 heterocycles. The second-order valence-corrected chi connectivity index (χ2v) is 6.91. The number of halogens is 2. The van der Waals surface area contributed by atoms with Gasteiger partial charge in [-0.15, -0.1) is 0 Å². The molecular weight excluding hydrogens is 338 g/mol. The molecule has 8 nitrogen and oxygen atoms in total. The second-order valence-electron chi connectivity index (χ2n) is 6.91. The van der Waals surface area contributed by atoms with Crippen molar-refractivity contribution in [1.82, 2.24) is 10.3 Å². The van der Waals surface area contributed by atoms with Crippen LogP contribution in [0.15, 0.2) is 18.5 Å². The predicted molar refractivity (Wildman–Crippen MR) is 85.8 cm³/mol. The molecule has 0 aliphatic carbocycles. The van der Waals surface area contributed by atoms with E-state index in [4.69, 9.17) is 4.74 Å². The number of ether oxygens (including phenoxy) is 1. The lowest BCUT2D eigenvalue weighted by atomic mass is 10.0. The zero-order valence-electron chi connectivity index (χ0n) is 14.2. The molecule has 1 aliphatic rings. The molecule has 1 atom stereocenters. The molecule has 138 valence electrons. The number of piperidine rings is 1. The largest absolute Gasteiger partial charge is 0.444 e. The summed E-state index contributed by atoms with van der Waals surface area (Å²) in [6, 6.07) is 0.399. The molecular formula is C15H20F2N4O4. The van der Waals surface area contributed by atoms with Gasteiger partial charge in [-0.05, 0) is 26.8 Å². The fourth-order valence-corrected chi connectivity index (χ4v) is 2.64. The zero-order valence-corrected chi connectivity index (χ0v) is 14.2. The summed E-state index contributed by atoms with van der Waals surface area (Å²) in [5.41, 5.74) is -1.09. The number of carbonyl (C=O) groups is 1. The number of rotatable bonds is 3. The van der Waals surface area contributed by atoms with Gasteiger partial charge < -0.3 is 15.0 Å². The molecule has 1 aliphatic heterocycles. The highest BCUT2D eigenvalue weighted by Crippen LogP contribution is 2.34. The van der Waals surface area contributed by atoms with Crippen molar-refractivity contribution < 1.29 is 23.2 Å². The summed E-state index contributed by atoms with van der Waals surface area (Å²) >= 11 is 0. The van der Waals surface area contributed by atoms with E-state index in [2.05, 4.69) is 10.3 Å². The fraction of sp³-hybridized carbons (Fsp3) is 0.600. The van der Waals surface area contributed by atoms with E-state index in [9.17, 15) is 23.7 Å². The van der Waals surface area contributed by atoms with E-state index in [1.807, 2.05) is 0 Å². The van der Waals surface area contributed by atoms with E-state index in [0.29, 0.717) is 0 Å². The molecule has 0 aromatic carbocycles. The van der Waals surface area contributed by atoms with Gasteiger partial charge in [0.05, 0.1) is 17.5 Å². The van der Waals surface area contributed by atoms with Gasteiger partial charge in [0.2, 0.25) is 0 Å². The van der Waals surface area contributed by atoms with Crippen molar-refractivity contribution in [2.75, 3.05) is 18.0 Å². The number of carbonyl (C=O) groups excluding carboxylic acids is 1. The maximum Gasteiger partial charge on any atom is 0.407 e. The average molecular weight is 358 g/mol. The average Bonchev–Trinajstić information content (AvgIpc) is 2.43. The van der Waals surface area contributed by atoms with Crippen LogP contribution in [0.25, 0.3) is 0 Å². The lowest BCUT2D eigenvalue weighted by Crippen LogP contribution is -2.56. The molecule has 1 aromatic heterocycles. The second kappa shape index (κ2) is 6.77. The van der Waals surface area contributed by atoms with Crippen molar-refractivity contribution in [3.05, 3.63) is 28.6 Å². The summed E-state index contributed by atoms with van der Waals surface area (Å²) in [6.07, 6.45) is 0.935. The molecule has 2 rings (SSSR count). The highest BCUT2D eigenvalue weighted by molar-refractivity contribution is 5.68. The molecule has 1 N–H and O–H groups in total. The number of amides is 1. The number of nitrogens with one attached hydrogen (secondary N) is 1. The molecule has 25 heavy (non-hydrogen) atoms. The summed E-state index contributed by atoms with van der Waals surface area (Å²) in [6.45, 7) is 4.31. The summed E-state index contributed by atoms with van der Waals surface area (Å²) in [5, 5.41) is 13.5. The van der Waals surface area contributed by atoms with Crippen LogP contribution in [-0.2, 0) is 4.74 Å². The Morgan fingerprint density at radius 2 is 2.20 bits per heavy atom. The van der Waals surface area contributed by atoms with Crippen molar-refractivity contribution in [2.24, 2.45) is 0 Å². The monoisotopic (exact) mass is 358 g/mol. The van der Waals surface area contributed by atoms with Crippen LogP contribution < -0.4 is 10.2 Å². The van der Waals surface area contributed by atoms with Crippen molar-refractivity contribution in [2.45, 2.75) is 44.8 Å². The number of alkyl carbamates (subject to hydrolysis) is 1. The number of aromatic nitrogens is 1. The number of nitro groups is 1. The zero-order chi connectivity index (χ0) is 18.8. The Labute approximate surface area is 143 Å². The number of pyridine rings is 1. The number of alkyl halides is 2. The van der Waals surface area contributed by atoms with E-state index < -0.39 is 41.5 Å². The minimum absolute atomic E-state index is 0.000311. The first-order valence-electron chi connectivity index (χ1n) is 7.67. The van der Waals surface area contributed by atoms with Crippen LogP contribution in [-0.4, -0.2) is 46.7 Å². The van der Waals surface area contributed by atoms with Gasteiger partial charge >= 0.3 is 11.8 Å². The van der Waals surface area contributed by atoms with Crippen LogP contribution >= 0.6 is 0 Å².